The van der Waals surface area contributed by atoms with Gasteiger partial charge in [-0.05, 0) is 6.92 Å². The van der Waals surface area contributed by atoms with E-state index in [0.29, 0.717) is 13.0 Å². The molecule has 1 aliphatic rings. The Balaban J connectivity index is 2.26. The van der Waals surface area contributed by atoms with E-state index in [-0.39, 0.29) is 29.9 Å². The van der Waals surface area contributed by atoms with Gasteiger partial charge in [0.1, 0.15) is 0 Å². The molecule has 1 rings (SSSR count). The van der Waals surface area contributed by atoms with Crippen molar-refractivity contribution in [1.82, 2.24) is 5.32 Å². The van der Waals surface area contributed by atoms with Gasteiger partial charge in [0.25, 0.3) is 0 Å². The molecule has 1 unspecified atom stereocenters. The minimum Gasteiger partial charge on any atom is -0.466 e. The summed E-state index contributed by atoms with van der Waals surface area (Å²) in [6, 6.07) is -0.0899. The number of carbonyl (C=O) groups excluding carboxylic acids is 2. The molecule has 3 atom stereocenters. The Kier molecular flexibility index (Phi) is 3.46. The quantitative estimate of drug-likeness (QED) is 0.469. The third-order valence-corrected chi connectivity index (χ3v) is 2.36. The van der Waals surface area contributed by atoms with Crippen LogP contribution in [0.5, 0.6) is 0 Å². The molecule has 0 bridgehead atoms. The first-order valence-corrected chi connectivity index (χ1v) is 4.71. The number of rotatable bonds is 4. The largest absolute Gasteiger partial charge is 0.466 e. The summed E-state index contributed by atoms with van der Waals surface area (Å²) in [6.07, 6.45) is 0.636. The van der Waals surface area contributed by atoms with Crippen LogP contribution in [0, 0.1) is 5.92 Å². The molecule has 1 aliphatic heterocycles. The van der Waals surface area contributed by atoms with Gasteiger partial charge in [-0.2, -0.15) is 0 Å². The Bertz CT molecular complexity index is 240. The molecule has 0 aromatic heterocycles. The molecule has 5 nitrogen and oxygen atoms in total. The smallest absolute Gasteiger partial charge is 0.302 e. The van der Waals surface area contributed by atoms with Crippen molar-refractivity contribution in [2.24, 2.45) is 11.7 Å². The standard InChI is InChI=1S/C9H16N2O3/c1-5(10)8-7(11-9(8)13)3-4-14-6(2)12/h5,7-8H,3-4,10H2,1-2H3,(H,11,13)/t5?,7-,8+/m1/s1. The van der Waals surface area contributed by atoms with Crippen LogP contribution in [0.2, 0.25) is 0 Å². The Hall–Kier alpha value is -1.10. The SMILES string of the molecule is CC(=O)OCC[C@H]1NC(=O)[C@H]1C(C)N. The number of nitrogens with one attached hydrogen (secondary N) is 1. The van der Waals surface area contributed by atoms with Crippen molar-refractivity contribution in [2.45, 2.75) is 32.4 Å². The molecule has 0 aromatic rings. The van der Waals surface area contributed by atoms with Crippen LogP contribution >= 0.6 is 0 Å². The van der Waals surface area contributed by atoms with Crippen LogP contribution < -0.4 is 11.1 Å². The molecular formula is C9H16N2O3. The molecule has 0 saturated carbocycles. The molecule has 14 heavy (non-hydrogen) atoms. The Morgan fingerprint density at radius 3 is 2.79 bits per heavy atom. The monoisotopic (exact) mass is 200 g/mol. The highest BCUT2D eigenvalue weighted by atomic mass is 16.5. The summed E-state index contributed by atoms with van der Waals surface area (Å²) in [4.78, 5) is 21.6. The van der Waals surface area contributed by atoms with E-state index in [1.165, 1.54) is 6.92 Å². The maximum absolute atomic E-state index is 11.1. The molecule has 0 radical (unpaired) electrons. The third-order valence-electron chi connectivity index (χ3n) is 2.36. The van der Waals surface area contributed by atoms with Gasteiger partial charge in [-0.15, -0.1) is 0 Å². The first-order valence-electron chi connectivity index (χ1n) is 4.71. The Morgan fingerprint density at radius 2 is 2.36 bits per heavy atom. The highest BCUT2D eigenvalue weighted by Gasteiger charge is 2.41. The summed E-state index contributed by atoms with van der Waals surface area (Å²) < 4.78 is 4.78. The van der Waals surface area contributed by atoms with Crippen LogP contribution in [0.3, 0.4) is 0 Å². The zero-order valence-corrected chi connectivity index (χ0v) is 8.45. The first-order chi connectivity index (χ1) is 6.52. The van der Waals surface area contributed by atoms with Crippen molar-refractivity contribution in [2.75, 3.05) is 6.61 Å². The van der Waals surface area contributed by atoms with E-state index < -0.39 is 0 Å². The maximum atomic E-state index is 11.1. The van der Waals surface area contributed by atoms with Crippen LogP contribution in [0.15, 0.2) is 0 Å². The van der Waals surface area contributed by atoms with E-state index in [1.807, 2.05) is 6.92 Å². The molecule has 1 heterocycles. The van der Waals surface area contributed by atoms with Gasteiger partial charge in [0.05, 0.1) is 12.5 Å². The number of hydrogen-bond acceptors (Lipinski definition) is 4. The first kappa shape index (κ1) is 11.0. The fourth-order valence-corrected chi connectivity index (χ4v) is 1.64. The Labute approximate surface area is 83.0 Å². The number of hydrogen-bond donors (Lipinski definition) is 2. The molecule has 3 N–H and O–H groups in total. The van der Waals surface area contributed by atoms with Gasteiger partial charge in [-0.3, -0.25) is 9.59 Å². The van der Waals surface area contributed by atoms with E-state index in [1.54, 1.807) is 0 Å². The maximum Gasteiger partial charge on any atom is 0.302 e. The number of amides is 1. The van der Waals surface area contributed by atoms with Gasteiger partial charge in [0.2, 0.25) is 5.91 Å². The lowest BCUT2D eigenvalue weighted by Crippen LogP contribution is -2.63. The predicted octanol–water partition coefficient (Wildman–Crippen LogP) is -0.599. The molecule has 5 heteroatoms. The lowest BCUT2D eigenvalue weighted by molar-refractivity contribution is -0.142. The fraction of sp³-hybridized carbons (Fsp3) is 0.778. The summed E-state index contributed by atoms with van der Waals surface area (Å²) in [7, 11) is 0. The summed E-state index contributed by atoms with van der Waals surface area (Å²) in [5, 5.41) is 2.74. The third kappa shape index (κ3) is 2.45. The highest BCUT2D eigenvalue weighted by Crippen LogP contribution is 2.20. The molecule has 1 fully saturated rings. The van der Waals surface area contributed by atoms with Crippen molar-refractivity contribution >= 4 is 11.9 Å². The Morgan fingerprint density at radius 1 is 1.71 bits per heavy atom. The molecule has 0 spiro atoms. The second-order valence-electron chi connectivity index (χ2n) is 3.63. The normalized spacial score (nSPS) is 27.5. The zero-order valence-electron chi connectivity index (χ0n) is 8.45. The molecule has 80 valence electrons. The zero-order chi connectivity index (χ0) is 10.7. The van der Waals surface area contributed by atoms with Crippen molar-refractivity contribution in [3.8, 4) is 0 Å². The van der Waals surface area contributed by atoms with Crippen molar-refractivity contribution < 1.29 is 14.3 Å². The number of ether oxygens (including phenoxy) is 1. The van der Waals surface area contributed by atoms with Crippen LogP contribution in [-0.2, 0) is 14.3 Å². The van der Waals surface area contributed by atoms with Crippen molar-refractivity contribution in [3.05, 3.63) is 0 Å². The second-order valence-corrected chi connectivity index (χ2v) is 3.63. The van der Waals surface area contributed by atoms with E-state index in [9.17, 15) is 9.59 Å². The van der Waals surface area contributed by atoms with Gasteiger partial charge < -0.3 is 15.8 Å². The highest BCUT2D eigenvalue weighted by molar-refractivity contribution is 5.86. The molecule has 1 saturated heterocycles. The van der Waals surface area contributed by atoms with Crippen LogP contribution in [0.25, 0.3) is 0 Å². The summed E-state index contributed by atoms with van der Waals surface area (Å²) in [5.41, 5.74) is 5.64. The van der Waals surface area contributed by atoms with Gasteiger partial charge in [0, 0.05) is 25.4 Å². The van der Waals surface area contributed by atoms with E-state index >= 15 is 0 Å². The second kappa shape index (κ2) is 4.41. The average molecular weight is 200 g/mol. The summed E-state index contributed by atoms with van der Waals surface area (Å²) in [6.45, 7) is 3.51. The molecule has 0 aliphatic carbocycles. The number of β-lactam (4-membered cyclic amide) rings is 1. The fourth-order valence-electron chi connectivity index (χ4n) is 1.64. The van der Waals surface area contributed by atoms with E-state index in [2.05, 4.69) is 5.32 Å². The van der Waals surface area contributed by atoms with Crippen molar-refractivity contribution in [3.63, 3.8) is 0 Å². The molecular weight excluding hydrogens is 184 g/mol. The van der Waals surface area contributed by atoms with Gasteiger partial charge in [0.15, 0.2) is 0 Å². The summed E-state index contributed by atoms with van der Waals surface area (Å²) >= 11 is 0. The van der Waals surface area contributed by atoms with Gasteiger partial charge >= 0.3 is 5.97 Å². The summed E-state index contributed by atoms with van der Waals surface area (Å²) in [5.74, 6) is -0.439. The number of carbonyl (C=O) groups is 2. The lowest BCUT2D eigenvalue weighted by Gasteiger charge is -2.38. The van der Waals surface area contributed by atoms with Crippen LogP contribution in [-0.4, -0.2) is 30.6 Å². The lowest BCUT2D eigenvalue weighted by atomic mass is 9.83. The van der Waals surface area contributed by atoms with E-state index in [4.69, 9.17) is 10.5 Å². The van der Waals surface area contributed by atoms with Gasteiger partial charge in [-0.25, -0.2) is 0 Å². The van der Waals surface area contributed by atoms with Gasteiger partial charge in [-0.1, -0.05) is 0 Å². The van der Waals surface area contributed by atoms with Crippen molar-refractivity contribution in [1.29, 1.82) is 0 Å². The average Bonchev–Trinajstić information content (AvgIpc) is 2.00. The molecule has 1 amide bonds. The minimum absolute atomic E-state index is 0.00664. The number of nitrogens with two attached hydrogens (primary N) is 1. The predicted molar refractivity (Wildman–Crippen MR) is 50.3 cm³/mol. The van der Waals surface area contributed by atoms with Crippen LogP contribution in [0.1, 0.15) is 20.3 Å². The minimum atomic E-state index is -0.298. The number of esters is 1. The van der Waals surface area contributed by atoms with Crippen LogP contribution in [0.4, 0.5) is 0 Å². The topological polar surface area (TPSA) is 81.4 Å². The molecule has 0 aromatic carbocycles. The van der Waals surface area contributed by atoms with E-state index in [0.717, 1.165) is 0 Å².